The molecule has 280 valence electrons. The van der Waals surface area contributed by atoms with Gasteiger partial charge in [0.2, 0.25) is 0 Å². The Hall–Kier alpha value is -5.47. The molecule has 8 nitrogen and oxygen atoms in total. The smallest absolute Gasteiger partial charge is 0.176 e. The van der Waals surface area contributed by atoms with E-state index in [9.17, 15) is 20.1 Å². The van der Waals surface area contributed by atoms with Crippen molar-refractivity contribution in [3.8, 4) is 23.0 Å². The van der Waals surface area contributed by atoms with Gasteiger partial charge in [-0.3, -0.25) is 4.79 Å². The van der Waals surface area contributed by atoms with Crippen molar-refractivity contribution in [1.82, 2.24) is 4.98 Å². The maximum Gasteiger partial charge on any atom is 0.176 e. The van der Waals surface area contributed by atoms with Crippen LogP contribution in [0.3, 0.4) is 0 Å². The first-order valence-electron chi connectivity index (χ1n) is 18.9. The lowest BCUT2D eigenvalue weighted by molar-refractivity contribution is -0.125. The number of aliphatic hydroxyl groups excluding tert-OH is 1. The lowest BCUT2D eigenvalue weighted by Crippen LogP contribution is -2.31. The topological polar surface area (TPSA) is 124 Å². The van der Waals surface area contributed by atoms with Crippen molar-refractivity contribution in [2.24, 2.45) is 16.8 Å². The molecular weight excluding hydrogens is 677 g/mol. The molecule has 0 spiro atoms. The van der Waals surface area contributed by atoms with Crippen LogP contribution in [-0.2, 0) is 36.9 Å². The quantitative estimate of drug-likeness (QED) is 0.0670. The van der Waals surface area contributed by atoms with E-state index in [1.807, 2.05) is 49.4 Å². The number of ether oxygens (including phenoxy) is 2. The van der Waals surface area contributed by atoms with Gasteiger partial charge in [0.15, 0.2) is 29.2 Å². The number of nitrogens with one attached hydrogen (secondary N) is 1. The summed E-state index contributed by atoms with van der Waals surface area (Å²) in [6, 6.07) is 23.4. The Bertz CT molecular complexity index is 2130. The first-order valence-corrected chi connectivity index (χ1v) is 18.9. The molecule has 6 rings (SSSR count). The maximum absolute atomic E-state index is 14.4. The van der Waals surface area contributed by atoms with Gasteiger partial charge in [-0.2, -0.15) is 0 Å². The number of aliphatic hydroxyl groups is 1. The van der Waals surface area contributed by atoms with E-state index in [0.717, 1.165) is 57.0 Å². The fourth-order valence-corrected chi connectivity index (χ4v) is 7.91. The number of aromatic hydroxyl groups is 2. The molecule has 2 heterocycles. The number of H-pyrrole nitrogens is 1. The summed E-state index contributed by atoms with van der Waals surface area (Å²) in [5.74, 6) is 0.0873. The Labute approximate surface area is 318 Å². The average Bonchev–Trinajstić information content (AvgIpc) is 3.88. The minimum atomic E-state index is -0.955. The van der Waals surface area contributed by atoms with Gasteiger partial charge in [-0.05, 0) is 101 Å². The van der Waals surface area contributed by atoms with Gasteiger partial charge in [0.05, 0.1) is 25.9 Å². The summed E-state index contributed by atoms with van der Waals surface area (Å²) in [6.07, 6.45) is 8.76. The van der Waals surface area contributed by atoms with Gasteiger partial charge in [0.25, 0.3) is 0 Å². The Morgan fingerprint density at radius 1 is 0.833 bits per heavy atom. The first kappa shape index (κ1) is 38.3. The third-order valence-corrected chi connectivity index (χ3v) is 10.9. The molecule has 0 amide bonds. The van der Waals surface area contributed by atoms with E-state index in [2.05, 4.69) is 54.2 Å². The molecule has 3 unspecified atom stereocenters. The lowest BCUT2D eigenvalue weighted by atomic mass is 9.80. The number of hydrogen-bond donors (Lipinski definition) is 4. The Morgan fingerprint density at radius 2 is 1.63 bits per heavy atom. The van der Waals surface area contributed by atoms with Gasteiger partial charge in [-0.1, -0.05) is 62.4 Å². The monoisotopic (exact) mass is 727 g/mol. The standard InChI is InChI=1S/C46H50N2O6/c1-5-31-12-13-33-9-7-8-10-38(33)39(31)24-40-34(14-16-42(50)46(40)54-4)22-36(20-30-17-18-47-26-30)44(52)25-43(51)35(23-37-28-48-27-32(37)6-2)19-29-11-15-41(49)45(21-29)53-3/h7-18,21,26-28,35-36,44,47,52H,5-6,19-20,22-25H2,1-4H3,(H-,49,50)/p+1. The Kier molecular flexibility index (Phi) is 12.4. The van der Waals surface area contributed by atoms with Crippen LogP contribution < -0.4 is 9.47 Å². The number of fused-ring (bicyclic) bond motifs is 1. The zero-order valence-electron chi connectivity index (χ0n) is 31.6. The molecule has 8 heteroatoms. The number of phenols is 2. The van der Waals surface area contributed by atoms with Crippen molar-refractivity contribution in [2.75, 3.05) is 14.2 Å². The van der Waals surface area contributed by atoms with Crippen LogP contribution in [0.5, 0.6) is 23.0 Å². The van der Waals surface area contributed by atoms with E-state index < -0.39 is 12.0 Å². The number of hydrogen-bond acceptors (Lipinski definition) is 7. The highest BCUT2D eigenvalue weighted by atomic mass is 16.5. The van der Waals surface area contributed by atoms with Gasteiger partial charge < -0.3 is 29.8 Å². The highest BCUT2D eigenvalue weighted by Crippen LogP contribution is 2.39. The summed E-state index contributed by atoms with van der Waals surface area (Å²) in [5, 5.41) is 35.7. The number of aromatic amines is 1. The van der Waals surface area contributed by atoms with Crippen LogP contribution in [0.1, 0.15) is 66.5 Å². The van der Waals surface area contributed by atoms with Crippen molar-refractivity contribution in [3.63, 3.8) is 0 Å². The highest BCUT2D eigenvalue weighted by molar-refractivity contribution is 5.88. The van der Waals surface area contributed by atoms with Crippen LogP contribution in [0.25, 0.3) is 10.8 Å². The molecule has 0 saturated heterocycles. The van der Waals surface area contributed by atoms with Crippen LogP contribution in [0.2, 0.25) is 0 Å². The molecule has 1 aromatic heterocycles. The van der Waals surface area contributed by atoms with Gasteiger partial charge in [-0.15, -0.1) is 4.99 Å². The molecule has 3 atom stereocenters. The van der Waals surface area contributed by atoms with E-state index >= 15 is 0 Å². The number of Topliss-reactive ketones (excluding diaryl/α,β-unsaturated/α-hetero) is 1. The van der Waals surface area contributed by atoms with Crippen molar-refractivity contribution >= 4 is 22.8 Å². The van der Waals surface area contributed by atoms with Crippen molar-refractivity contribution in [2.45, 2.75) is 71.3 Å². The molecule has 4 aromatic carbocycles. The molecular formula is C46H51N2O6+. The number of ketones is 1. The largest absolute Gasteiger partial charge is 0.504 e. The molecule has 0 saturated carbocycles. The van der Waals surface area contributed by atoms with Crippen molar-refractivity contribution in [3.05, 3.63) is 136 Å². The zero-order valence-corrected chi connectivity index (χ0v) is 31.6. The predicted octanol–water partition coefficient (Wildman–Crippen LogP) is 8.67. The summed E-state index contributed by atoms with van der Waals surface area (Å²) in [6.45, 7) is 6.08. The number of phenolic OH excluding ortho intramolecular Hbond substituents is 2. The molecule has 0 radical (unpaired) electrons. The van der Waals surface area contributed by atoms with E-state index in [1.54, 1.807) is 25.3 Å². The second-order valence-electron chi connectivity index (χ2n) is 14.3. The van der Waals surface area contributed by atoms with Crippen molar-refractivity contribution in [1.29, 1.82) is 0 Å². The molecule has 1 aliphatic heterocycles. The first-order chi connectivity index (χ1) is 26.2. The van der Waals surface area contributed by atoms with Crippen LogP contribution >= 0.6 is 0 Å². The minimum Gasteiger partial charge on any atom is -0.504 e. The summed E-state index contributed by atoms with van der Waals surface area (Å²) >= 11 is 0. The van der Waals surface area contributed by atoms with E-state index in [0.29, 0.717) is 43.6 Å². The third kappa shape index (κ3) is 8.66. The van der Waals surface area contributed by atoms with Crippen molar-refractivity contribution < 1.29 is 29.6 Å². The lowest BCUT2D eigenvalue weighted by Gasteiger charge is -2.26. The van der Waals surface area contributed by atoms with Crippen LogP contribution in [0, 0.1) is 18.4 Å². The van der Waals surface area contributed by atoms with Crippen LogP contribution in [-0.4, -0.2) is 52.6 Å². The molecule has 1 aliphatic rings. The maximum atomic E-state index is 14.4. The SMILES string of the molecule is CCC1=C(CC(Cc2ccc(O)c(OC)c2)C(=O)CC(O)C(Cc2cc[nH]c2)Cc2ccc(O)c(OC)c2Cc2c(CC)ccc3ccccc23)C=N[CH+]1. The molecule has 4 N–H and O–H groups in total. The number of nitrogens with zero attached hydrogens (tertiary/aromatic N) is 1. The van der Waals surface area contributed by atoms with Gasteiger partial charge in [-0.25, -0.2) is 0 Å². The highest BCUT2D eigenvalue weighted by Gasteiger charge is 2.32. The minimum absolute atomic E-state index is 0.0293. The van der Waals surface area contributed by atoms with E-state index in [4.69, 9.17) is 9.47 Å². The number of aryl methyl sites for hydroxylation is 1. The number of carbonyl (C=O) groups excluding carboxylic acids is 1. The second-order valence-corrected chi connectivity index (χ2v) is 14.3. The Morgan fingerprint density at radius 3 is 2.37 bits per heavy atom. The summed E-state index contributed by atoms with van der Waals surface area (Å²) in [7, 11) is 3.08. The number of aromatic nitrogens is 1. The molecule has 0 fully saturated rings. The molecule has 54 heavy (non-hydrogen) atoms. The molecule has 0 bridgehead atoms. The molecule has 0 aliphatic carbocycles. The fourth-order valence-electron chi connectivity index (χ4n) is 7.91. The second kappa shape index (κ2) is 17.6. The van der Waals surface area contributed by atoms with Crippen LogP contribution in [0.4, 0.5) is 0 Å². The average molecular weight is 728 g/mol. The third-order valence-electron chi connectivity index (χ3n) is 10.9. The number of carbonyl (C=O) groups is 1. The van der Waals surface area contributed by atoms with Crippen LogP contribution in [0.15, 0.2) is 101 Å². The van der Waals surface area contributed by atoms with E-state index in [1.165, 1.54) is 18.2 Å². The van der Waals surface area contributed by atoms with Gasteiger partial charge in [0.1, 0.15) is 17.9 Å². The van der Waals surface area contributed by atoms with Gasteiger partial charge >= 0.3 is 0 Å². The zero-order chi connectivity index (χ0) is 38.2. The summed E-state index contributed by atoms with van der Waals surface area (Å²) < 4.78 is 11.2. The predicted molar refractivity (Wildman–Crippen MR) is 215 cm³/mol. The fraction of sp³-hybridized carbons (Fsp3) is 0.326. The number of allylic oxidation sites excluding steroid dienone is 1. The molecule has 5 aromatic rings. The number of benzene rings is 4. The number of rotatable bonds is 18. The summed E-state index contributed by atoms with van der Waals surface area (Å²) in [5.41, 5.74) is 8.26. The van der Waals surface area contributed by atoms with Gasteiger partial charge in [0, 0.05) is 43.1 Å². The van der Waals surface area contributed by atoms with E-state index in [-0.39, 0.29) is 29.6 Å². The normalized spacial score (nSPS) is 14.2. The summed E-state index contributed by atoms with van der Waals surface area (Å²) in [4.78, 5) is 21.9. The number of methoxy groups -OCH3 is 2. The Balaban J connectivity index is 1.33. The number of aliphatic imine (C=N–C) groups is 1.